The van der Waals surface area contributed by atoms with E-state index in [1.165, 1.54) is 11.1 Å². The summed E-state index contributed by atoms with van der Waals surface area (Å²) < 4.78 is 29.8. The Labute approximate surface area is 166 Å². The molecular weight excluding hydrogens is 380 g/mol. The number of nitrogens with zero attached hydrogens (tertiary/aromatic N) is 6. The highest BCUT2D eigenvalue weighted by molar-refractivity contribution is 5.79. The summed E-state index contributed by atoms with van der Waals surface area (Å²) in [5.41, 5.74) is 1.76. The molecule has 2 N–H and O–H groups in total. The summed E-state index contributed by atoms with van der Waals surface area (Å²) in [6.45, 7) is 5.80. The summed E-state index contributed by atoms with van der Waals surface area (Å²) in [6.07, 6.45) is -1.79. The maximum absolute atomic E-state index is 13.8. The Morgan fingerprint density at radius 1 is 1.14 bits per heavy atom. The van der Waals surface area contributed by atoms with Crippen molar-refractivity contribution >= 4 is 28.6 Å². The first kappa shape index (κ1) is 19.4. The fourth-order valence-corrected chi connectivity index (χ4v) is 3.64. The average Bonchev–Trinajstić information content (AvgIpc) is 3.01. The minimum Gasteiger partial charge on any atom is -0.387 e. The van der Waals surface area contributed by atoms with Crippen molar-refractivity contribution in [1.82, 2.24) is 24.5 Å². The Balaban J connectivity index is 1.59. The number of aryl methyl sites for hydroxylation is 1. The van der Waals surface area contributed by atoms with Crippen LogP contribution in [0.4, 0.5) is 26.4 Å². The van der Waals surface area contributed by atoms with Gasteiger partial charge in [0.05, 0.1) is 24.8 Å². The van der Waals surface area contributed by atoms with Crippen molar-refractivity contribution in [2.75, 3.05) is 23.3 Å². The minimum atomic E-state index is -1.69. The lowest BCUT2D eigenvalue weighted by molar-refractivity contribution is 0.000909. The molecule has 2 atom stereocenters. The Bertz CT molecular complexity index is 1010. The van der Waals surface area contributed by atoms with Gasteiger partial charge >= 0.3 is 0 Å². The predicted octanol–water partition coefficient (Wildman–Crippen LogP) is 2.71. The number of pyridine rings is 1. The highest BCUT2D eigenvalue weighted by Crippen LogP contribution is 2.25. The van der Waals surface area contributed by atoms with Crippen molar-refractivity contribution in [2.24, 2.45) is 0 Å². The zero-order valence-electron chi connectivity index (χ0n) is 16.4. The van der Waals surface area contributed by atoms with E-state index in [2.05, 4.69) is 43.7 Å². The Morgan fingerprint density at radius 3 is 2.55 bits per heavy atom. The molecule has 4 rings (SSSR count). The molecule has 0 aromatic carbocycles. The molecule has 1 fully saturated rings. The normalized spacial score (nSPS) is 22.4. The summed E-state index contributed by atoms with van der Waals surface area (Å²) >= 11 is 0. The van der Waals surface area contributed by atoms with Crippen LogP contribution in [-0.2, 0) is 0 Å². The van der Waals surface area contributed by atoms with Crippen LogP contribution in [0.3, 0.4) is 0 Å². The number of piperidine rings is 1. The quantitative estimate of drug-likeness (QED) is 0.692. The molecule has 10 heteroatoms. The highest BCUT2D eigenvalue weighted by atomic mass is 19.1. The summed E-state index contributed by atoms with van der Waals surface area (Å²) in [4.78, 5) is 18.8. The third-order valence-electron chi connectivity index (χ3n) is 4.98. The molecule has 0 saturated carbocycles. The van der Waals surface area contributed by atoms with Gasteiger partial charge in [0, 0.05) is 18.3 Å². The number of hydrogen-bond donors (Lipinski definition) is 2. The number of nitrogens with one attached hydrogen (secondary N) is 1. The van der Waals surface area contributed by atoms with Gasteiger partial charge < -0.3 is 19.9 Å². The Hall–Kier alpha value is -2.88. The lowest BCUT2D eigenvalue weighted by atomic mass is 10.1. The van der Waals surface area contributed by atoms with Crippen molar-refractivity contribution in [1.29, 1.82) is 0 Å². The number of anilines is 3. The van der Waals surface area contributed by atoms with Gasteiger partial charge in [0.2, 0.25) is 5.95 Å². The smallest absolute Gasteiger partial charge is 0.227 e. The van der Waals surface area contributed by atoms with E-state index < -0.39 is 18.4 Å². The van der Waals surface area contributed by atoms with E-state index in [1.54, 1.807) is 12.3 Å². The molecule has 4 heterocycles. The zero-order chi connectivity index (χ0) is 20.7. The van der Waals surface area contributed by atoms with Gasteiger partial charge in [-0.2, -0.15) is 4.98 Å². The molecule has 29 heavy (non-hydrogen) atoms. The standard InChI is InChI=1S/C19H23F2N7O/c1-10(2)28-11(3)24-14-7-23-17(6-15(14)28)25-16-4-5-22-19(26-16)27-8-12(20)18(29)13(21)9-27/h4-7,10,12-13,18,29H,8-9H2,1-3H3,(H,22,23,25,26). The van der Waals surface area contributed by atoms with Gasteiger partial charge in [0.25, 0.3) is 0 Å². The predicted molar refractivity (Wildman–Crippen MR) is 106 cm³/mol. The number of fused-ring (bicyclic) bond motifs is 1. The van der Waals surface area contributed by atoms with Gasteiger partial charge in [-0.25, -0.2) is 23.7 Å². The Kier molecular flexibility index (Phi) is 5.03. The van der Waals surface area contributed by atoms with Gasteiger partial charge in [-0.05, 0) is 26.8 Å². The summed E-state index contributed by atoms with van der Waals surface area (Å²) in [5.74, 6) is 2.12. The van der Waals surface area contributed by atoms with Crippen LogP contribution in [0.25, 0.3) is 11.0 Å². The first-order valence-corrected chi connectivity index (χ1v) is 9.49. The van der Waals surface area contributed by atoms with Gasteiger partial charge in [-0.15, -0.1) is 0 Å². The van der Waals surface area contributed by atoms with Crippen LogP contribution in [0.2, 0.25) is 0 Å². The summed E-state index contributed by atoms with van der Waals surface area (Å²) in [6, 6.07) is 3.79. The molecule has 3 aromatic rings. The fraction of sp³-hybridized carbons (Fsp3) is 0.474. The maximum Gasteiger partial charge on any atom is 0.227 e. The van der Waals surface area contributed by atoms with Gasteiger partial charge in [0.15, 0.2) is 0 Å². The second-order valence-electron chi connectivity index (χ2n) is 7.48. The van der Waals surface area contributed by atoms with E-state index in [-0.39, 0.29) is 25.1 Å². The van der Waals surface area contributed by atoms with Crippen molar-refractivity contribution < 1.29 is 13.9 Å². The number of halogens is 2. The first-order valence-electron chi connectivity index (χ1n) is 9.49. The number of aliphatic hydroxyl groups excluding tert-OH is 1. The van der Waals surface area contributed by atoms with E-state index in [4.69, 9.17) is 0 Å². The largest absolute Gasteiger partial charge is 0.387 e. The monoisotopic (exact) mass is 403 g/mol. The molecule has 0 aliphatic carbocycles. The minimum absolute atomic E-state index is 0.165. The SMILES string of the molecule is Cc1nc2cnc(Nc3ccnc(N4CC(F)C(O)C(F)C4)n3)cc2n1C(C)C. The number of aromatic nitrogens is 5. The van der Waals surface area contributed by atoms with Gasteiger partial charge in [-0.3, -0.25) is 0 Å². The van der Waals surface area contributed by atoms with Crippen molar-refractivity contribution in [2.45, 2.75) is 45.3 Å². The van der Waals surface area contributed by atoms with Crippen LogP contribution in [0, 0.1) is 6.92 Å². The highest BCUT2D eigenvalue weighted by Gasteiger charge is 2.37. The van der Waals surface area contributed by atoms with E-state index in [1.807, 2.05) is 13.0 Å². The summed E-state index contributed by atoms with van der Waals surface area (Å²) in [7, 11) is 0. The molecule has 2 unspecified atom stereocenters. The lowest BCUT2D eigenvalue weighted by Gasteiger charge is -2.34. The number of aliphatic hydroxyl groups is 1. The third kappa shape index (κ3) is 3.71. The molecule has 0 radical (unpaired) electrons. The van der Waals surface area contributed by atoms with Crippen LogP contribution in [0.5, 0.6) is 0 Å². The molecular formula is C19H23F2N7O. The molecule has 0 bridgehead atoms. The van der Waals surface area contributed by atoms with E-state index >= 15 is 0 Å². The molecule has 0 spiro atoms. The van der Waals surface area contributed by atoms with E-state index in [9.17, 15) is 13.9 Å². The number of hydrogen-bond acceptors (Lipinski definition) is 7. The number of alkyl halides is 2. The van der Waals surface area contributed by atoms with Crippen LogP contribution < -0.4 is 10.2 Å². The molecule has 1 aliphatic rings. The maximum atomic E-state index is 13.8. The Morgan fingerprint density at radius 2 is 1.86 bits per heavy atom. The number of rotatable bonds is 4. The van der Waals surface area contributed by atoms with Crippen LogP contribution in [0.15, 0.2) is 24.5 Å². The second kappa shape index (κ2) is 7.51. The van der Waals surface area contributed by atoms with Crippen molar-refractivity contribution in [3.05, 3.63) is 30.4 Å². The third-order valence-corrected chi connectivity index (χ3v) is 4.98. The number of imidazole rings is 1. The van der Waals surface area contributed by atoms with Gasteiger partial charge in [-0.1, -0.05) is 0 Å². The fourth-order valence-electron chi connectivity index (χ4n) is 3.64. The molecule has 154 valence electrons. The topological polar surface area (TPSA) is 92.0 Å². The molecule has 1 saturated heterocycles. The van der Waals surface area contributed by atoms with E-state index in [0.717, 1.165) is 16.9 Å². The van der Waals surface area contributed by atoms with Gasteiger partial charge in [0.1, 0.15) is 41.4 Å². The summed E-state index contributed by atoms with van der Waals surface area (Å²) in [5, 5.41) is 12.6. The van der Waals surface area contributed by atoms with Crippen LogP contribution in [-0.4, -0.2) is 61.1 Å². The first-order chi connectivity index (χ1) is 13.8. The van der Waals surface area contributed by atoms with Crippen molar-refractivity contribution in [3.8, 4) is 0 Å². The van der Waals surface area contributed by atoms with Crippen molar-refractivity contribution in [3.63, 3.8) is 0 Å². The molecule has 0 amide bonds. The van der Waals surface area contributed by atoms with Crippen LogP contribution in [0.1, 0.15) is 25.7 Å². The molecule has 1 aliphatic heterocycles. The second-order valence-corrected chi connectivity index (χ2v) is 7.48. The average molecular weight is 403 g/mol. The molecule has 3 aromatic heterocycles. The van der Waals surface area contributed by atoms with Crippen LogP contribution >= 0.6 is 0 Å². The zero-order valence-corrected chi connectivity index (χ0v) is 16.4. The lowest BCUT2D eigenvalue weighted by Crippen LogP contribution is -2.52. The van der Waals surface area contributed by atoms with E-state index in [0.29, 0.717) is 11.6 Å². The molecule has 8 nitrogen and oxygen atoms in total.